The summed E-state index contributed by atoms with van der Waals surface area (Å²) >= 11 is 6.25. The van der Waals surface area contributed by atoms with Crippen molar-refractivity contribution in [2.75, 3.05) is 14.2 Å². The summed E-state index contributed by atoms with van der Waals surface area (Å²) in [6.07, 6.45) is -0.605. The van der Waals surface area contributed by atoms with Crippen molar-refractivity contribution in [1.82, 2.24) is 0 Å². The highest BCUT2D eigenvalue weighted by atomic mass is 35.5. The Morgan fingerprint density at radius 3 is 2.57 bits per heavy atom. The molecule has 0 aliphatic carbocycles. The summed E-state index contributed by atoms with van der Waals surface area (Å²) in [6.45, 7) is 0. The molecule has 0 aromatic heterocycles. The van der Waals surface area contributed by atoms with Crippen molar-refractivity contribution in [2.24, 2.45) is 0 Å². The van der Waals surface area contributed by atoms with Gasteiger partial charge >= 0.3 is 0 Å². The highest BCUT2D eigenvalue weighted by molar-refractivity contribution is 6.33. The first-order valence-corrected chi connectivity index (χ1v) is 6.77. The van der Waals surface area contributed by atoms with Gasteiger partial charge < -0.3 is 14.6 Å². The van der Waals surface area contributed by atoms with Crippen LogP contribution >= 0.6 is 11.6 Å². The molecule has 0 bridgehead atoms. The van der Waals surface area contributed by atoms with Crippen LogP contribution in [0.25, 0.3) is 0 Å². The zero-order valence-corrected chi connectivity index (χ0v) is 12.5. The molecule has 0 radical (unpaired) electrons. The Hall–Kier alpha value is -1.78. The number of ether oxygens (including phenoxy) is 2. The van der Waals surface area contributed by atoms with Gasteiger partial charge in [0.05, 0.1) is 25.3 Å². The van der Waals surface area contributed by atoms with Crippen LogP contribution < -0.4 is 9.47 Å². The van der Waals surface area contributed by atoms with Crippen molar-refractivity contribution < 1.29 is 19.0 Å². The smallest absolute Gasteiger partial charge is 0.179 e. The second-order valence-electron chi connectivity index (χ2n) is 4.55. The van der Waals surface area contributed by atoms with E-state index >= 15 is 0 Å². The van der Waals surface area contributed by atoms with Gasteiger partial charge in [-0.1, -0.05) is 29.8 Å². The van der Waals surface area contributed by atoms with E-state index in [0.29, 0.717) is 27.6 Å². The summed E-state index contributed by atoms with van der Waals surface area (Å²) in [5.41, 5.74) is 1.20. The number of hydrogen-bond acceptors (Lipinski definition) is 3. The minimum Gasteiger partial charge on any atom is -0.493 e. The largest absolute Gasteiger partial charge is 0.493 e. The molecular formula is C16H16ClFO3. The van der Waals surface area contributed by atoms with E-state index in [4.69, 9.17) is 21.1 Å². The molecule has 0 amide bonds. The Balaban J connectivity index is 2.29. The van der Waals surface area contributed by atoms with Gasteiger partial charge in [-0.2, -0.15) is 0 Å². The van der Waals surface area contributed by atoms with E-state index in [0.717, 1.165) is 0 Å². The molecule has 1 atom stereocenters. The molecule has 1 N–H and O–H groups in total. The Labute approximate surface area is 127 Å². The molecule has 0 saturated heterocycles. The molecule has 0 heterocycles. The van der Waals surface area contributed by atoms with Gasteiger partial charge in [0.1, 0.15) is 5.82 Å². The number of aliphatic hydroxyl groups is 1. The first-order chi connectivity index (χ1) is 10.1. The van der Waals surface area contributed by atoms with Crippen molar-refractivity contribution in [3.05, 3.63) is 58.4 Å². The summed E-state index contributed by atoms with van der Waals surface area (Å²) < 4.78 is 23.5. The van der Waals surface area contributed by atoms with Crippen molar-refractivity contribution in [1.29, 1.82) is 0 Å². The third-order valence-corrected chi connectivity index (χ3v) is 3.58. The van der Waals surface area contributed by atoms with Crippen LogP contribution in [-0.2, 0) is 6.42 Å². The minimum atomic E-state index is -0.862. The quantitative estimate of drug-likeness (QED) is 0.913. The van der Waals surface area contributed by atoms with Crippen LogP contribution in [0.3, 0.4) is 0 Å². The Morgan fingerprint density at radius 2 is 1.95 bits per heavy atom. The van der Waals surface area contributed by atoms with Gasteiger partial charge in [-0.3, -0.25) is 0 Å². The number of rotatable bonds is 5. The maximum absolute atomic E-state index is 13.2. The molecule has 5 heteroatoms. The second-order valence-corrected chi connectivity index (χ2v) is 4.93. The van der Waals surface area contributed by atoms with Crippen LogP contribution in [0.2, 0.25) is 5.02 Å². The van der Waals surface area contributed by atoms with E-state index in [1.54, 1.807) is 24.3 Å². The van der Waals surface area contributed by atoms with E-state index in [1.807, 2.05) is 0 Å². The van der Waals surface area contributed by atoms with Gasteiger partial charge in [0.25, 0.3) is 0 Å². The van der Waals surface area contributed by atoms with Crippen LogP contribution in [0.4, 0.5) is 4.39 Å². The molecule has 2 aromatic carbocycles. The van der Waals surface area contributed by atoms with E-state index in [1.165, 1.54) is 26.4 Å². The number of benzene rings is 2. The third kappa shape index (κ3) is 3.46. The number of halogens is 2. The van der Waals surface area contributed by atoms with Crippen LogP contribution in [0.1, 0.15) is 17.2 Å². The summed E-state index contributed by atoms with van der Waals surface area (Å²) in [7, 11) is 2.99. The van der Waals surface area contributed by atoms with Crippen LogP contribution in [0.15, 0.2) is 36.4 Å². The summed E-state index contributed by atoms with van der Waals surface area (Å²) in [5.74, 6) is 0.525. The van der Waals surface area contributed by atoms with Crippen LogP contribution in [0.5, 0.6) is 11.5 Å². The van der Waals surface area contributed by atoms with Crippen molar-refractivity contribution in [3.8, 4) is 11.5 Å². The fraction of sp³-hybridized carbons (Fsp3) is 0.250. The molecule has 3 nitrogen and oxygen atoms in total. The average Bonchev–Trinajstić information content (AvgIpc) is 2.46. The average molecular weight is 311 g/mol. The molecule has 0 aliphatic rings. The second kappa shape index (κ2) is 6.78. The van der Waals surface area contributed by atoms with Crippen LogP contribution in [0, 0.1) is 5.82 Å². The fourth-order valence-corrected chi connectivity index (χ4v) is 2.52. The molecule has 0 saturated carbocycles. The Kier molecular flexibility index (Phi) is 5.04. The van der Waals surface area contributed by atoms with Gasteiger partial charge in [0.15, 0.2) is 11.5 Å². The molecule has 0 aliphatic heterocycles. The lowest BCUT2D eigenvalue weighted by Crippen LogP contribution is -2.04. The molecule has 21 heavy (non-hydrogen) atoms. The van der Waals surface area contributed by atoms with E-state index < -0.39 is 6.10 Å². The SMILES string of the molecule is COc1ccc(C(O)Cc2cccc(F)c2)c(Cl)c1OC. The summed E-state index contributed by atoms with van der Waals surface area (Å²) in [5, 5.41) is 10.6. The van der Waals surface area contributed by atoms with Gasteiger partial charge in [-0.15, -0.1) is 0 Å². The zero-order chi connectivity index (χ0) is 15.4. The lowest BCUT2D eigenvalue weighted by molar-refractivity contribution is 0.178. The lowest BCUT2D eigenvalue weighted by atomic mass is 10.0. The minimum absolute atomic E-state index is 0.257. The topological polar surface area (TPSA) is 38.7 Å². The Bertz CT molecular complexity index is 631. The molecule has 2 rings (SSSR count). The normalized spacial score (nSPS) is 12.0. The first-order valence-electron chi connectivity index (χ1n) is 6.39. The predicted molar refractivity (Wildman–Crippen MR) is 79.6 cm³/mol. The number of methoxy groups -OCH3 is 2. The van der Waals surface area contributed by atoms with Gasteiger partial charge in [-0.25, -0.2) is 4.39 Å². The van der Waals surface area contributed by atoms with Gasteiger partial charge in [0, 0.05) is 12.0 Å². The maximum Gasteiger partial charge on any atom is 0.179 e. The molecule has 0 fully saturated rings. The van der Waals surface area contributed by atoms with Gasteiger partial charge in [-0.05, 0) is 23.8 Å². The Morgan fingerprint density at radius 1 is 1.19 bits per heavy atom. The lowest BCUT2D eigenvalue weighted by Gasteiger charge is -2.17. The first kappa shape index (κ1) is 15.6. The third-order valence-electron chi connectivity index (χ3n) is 3.19. The maximum atomic E-state index is 13.2. The molecule has 2 aromatic rings. The van der Waals surface area contributed by atoms with Crippen molar-refractivity contribution in [2.45, 2.75) is 12.5 Å². The van der Waals surface area contributed by atoms with Gasteiger partial charge in [0.2, 0.25) is 0 Å². The monoisotopic (exact) mass is 310 g/mol. The molecule has 112 valence electrons. The summed E-state index contributed by atoms with van der Waals surface area (Å²) in [6, 6.07) is 9.45. The molecule has 0 spiro atoms. The van der Waals surface area contributed by atoms with Crippen molar-refractivity contribution >= 4 is 11.6 Å². The number of hydrogen-bond donors (Lipinski definition) is 1. The zero-order valence-electron chi connectivity index (χ0n) is 11.8. The fourth-order valence-electron chi connectivity index (χ4n) is 2.16. The van der Waals surface area contributed by atoms with E-state index in [2.05, 4.69) is 0 Å². The standard InChI is InChI=1S/C16H16ClFO3/c1-20-14-7-6-12(15(17)16(14)21-2)13(19)9-10-4-3-5-11(18)8-10/h3-8,13,19H,9H2,1-2H3. The molecular weight excluding hydrogens is 295 g/mol. The van der Waals surface area contributed by atoms with Crippen LogP contribution in [-0.4, -0.2) is 19.3 Å². The van der Waals surface area contributed by atoms with Crippen molar-refractivity contribution in [3.63, 3.8) is 0 Å². The summed E-state index contributed by atoms with van der Waals surface area (Å²) in [4.78, 5) is 0. The van der Waals surface area contributed by atoms with E-state index in [-0.39, 0.29) is 12.2 Å². The number of aliphatic hydroxyl groups excluding tert-OH is 1. The molecule has 1 unspecified atom stereocenters. The predicted octanol–water partition coefficient (Wildman–Crippen LogP) is 3.77. The van der Waals surface area contributed by atoms with E-state index in [9.17, 15) is 9.50 Å². The highest BCUT2D eigenvalue weighted by Gasteiger charge is 2.19. The highest BCUT2D eigenvalue weighted by Crippen LogP contribution is 2.40.